The molecular formula is C26H34N6O2. The molecular weight excluding hydrogens is 428 g/mol. The molecule has 2 aromatic heterocycles. The summed E-state index contributed by atoms with van der Waals surface area (Å²) >= 11 is 0. The molecule has 0 aliphatic heterocycles. The number of hydrogen-bond acceptors (Lipinski definition) is 6. The molecule has 3 aromatic rings. The average Bonchev–Trinajstić information content (AvgIpc) is 3.50. The quantitative estimate of drug-likeness (QED) is 0.544. The highest BCUT2D eigenvalue weighted by Crippen LogP contribution is 2.30. The maximum atomic E-state index is 12.5. The van der Waals surface area contributed by atoms with Crippen LogP contribution in [0.15, 0.2) is 30.3 Å². The van der Waals surface area contributed by atoms with Crippen molar-refractivity contribution in [3.8, 4) is 5.69 Å². The number of methoxy groups -OCH3 is 1. The molecule has 2 aliphatic carbocycles. The van der Waals surface area contributed by atoms with Crippen LogP contribution < -0.4 is 10.6 Å². The zero-order chi connectivity index (χ0) is 23.5. The van der Waals surface area contributed by atoms with E-state index in [2.05, 4.69) is 10.6 Å². The van der Waals surface area contributed by atoms with Crippen LogP contribution in [-0.2, 0) is 16.1 Å². The smallest absolute Gasteiger partial charge is 0.223 e. The number of benzene rings is 1. The number of carbonyl (C=O) groups excluding carboxylic acids is 1. The maximum Gasteiger partial charge on any atom is 0.223 e. The normalized spacial score (nSPS) is 21.1. The molecule has 8 heteroatoms. The fourth-order valence-corrected chi connectivity index (χ4v) is 5.36. The Morgan fingerprint density at radius 2 is 1.74 bits per heavy atom. The first kappa shape index (κ1) is 22.8. The van der Waals surface area contributed by atoms with Crippen molar-refractivity contribution >= 4 is 22.8 Å². The number of nitrogens with one attached hydrogen (secondary N) is 2. The van der Waals surface area contributed by atoms with E-state index in [0.717, 1.165) is 66.8 Å². The third kappa shape index (κ3) is 4.78. The van der Waals surface area contributed by atoms with E-state index in [4.69, 9.17) is 19.8 Å². The molecule has 0 spiro atoms. The Hall–Kier alpha value is -3.00. The Morgan fingerprint density at radius 1 is 1.03 bits per heavy atom. The Bertz CT molecular complexity index is 1130. The molecule has 8 nitrogen and oxygen atoms in total. The molecule has 2 saturated carbocycles. The lowest BCUT2D eigenvalue weighted by molar-refractivity contribution is -0.125. The monoisotopic (exact) mass is 462 g/mol. The number of rotatable bonds is 7. The number of ether oxygens (including phenoxy) is 1. The summed E-state index contributed by atoms with van der Waals surface area (Å²) < 4.78 is 7.23. The summed E-state index contributed by atoms with van der Waals surface area (Å²) in [6.07, 6.45) is 8.42. The zero-order valence-electron chi connectivity index (χ0n) is 20.1. The summed E-state index contributed by atoms with van der Waals surface area (Å²) in [7, 11) is 1.65. The molecule has 2 heterocycles. The van der Waals surface area contributed by atoms with Gasteiger partial charge in [-0.2, -0.15) is 5.10 Å². The fraction of sp³-hybridized carbons (Fsp3) is 0.538. The highest BCUT2D eigenvalue weighted by molar-refractivity contribution is 5.90. The van der Waals surface area contributed by atoms with Crippen molar-refractivity contribution < 1.29 is 9.53 Å². The second-order valence-electron chi connectivity index (χ2n) is 9.64. The van der Waals surface area contributed by atoms with Crippen molar-refractivity contribution in [2.45, 2.75) is 77.0 Å². The number of anilines is 1. The summed E-state index contributed by atoms with van der Waals surface area (Å²) in [4.78, 5) is 22.1. The van der Waals surface area contributed by atoms with Gasteiger partial charge in [0, 0.05) is 25.1 Å². The fourth-order valence-electron chi connectivity index (χ4n) is 5.36. The molecule has 1 aromatic carbocycles. The number of fused-ring (bicyclic) bond motifs is 1. The first-order valence-electron chi connectivity index (χ1n) is 12.5. The molecule has 34 heavy (non-hydrogen) atoms. The standard InChI is InChI=1S/C26H34N6O2/c1-17-23-24(27-19-12-14-20(15-13-19)28-26(33)18-8-6-7-9-18)29-22(16-34-2)30-25(23)32(31-17)21-10-4-3-5-11-21/h3-5,10-11,18-20H,6-9,12-16H2,1-2H3,(H,28,33)(H,27,29,30). The van der Waals surface area contributed by atoms with Crippen LogP contribution >= 0.6 is 0 Å². The molecule has 0 radical (unpaired) electrons. The summed E-state index contributed by atoms with van der Waals surface area (Å²) in [5.41, 5.74) is 2.64. The van der Waals surface area contributed by atoms with Gasteiger partial charge in [-0.05, 0) is 57.6 Å². The predicted molar refractivity (Wildman–Crippen MR) is 132 cm³/mol. The van der Waals surface area contributed by atoms with E-state index in [1.165, 1.54) is 12.8 Å². The van der Waals surface area contributed by atoms with Gasteiger partial charge in [-0.15, -0.1) is 0 Å². The van der Waals surface area contributed by atoms with E-state index in [1.54, 1.807) is 7.11 Å². The lowest BCUT2D eigenvalue weighted by atomic mass is 9.90. The van der Waals surface area contributed by atoms with E-state index in [1.807, 2.05) is 41.9 Å². The van der Waals surface area contributed by atoms with Crippen molar-refractivity contribution in [2.75, 3.05) is 12.4 Å². The molecule has 5 rings (SSSR count). The van der Waals surface area contributed by atoms with Gasteiger partial charge in [0.2, 0.25) is 5.91 Å². The van der Waals surface area contributed by atoms with Gasteiger partial charge in [0.05, 0.1) is 16.8 Å². The average molecular weight is 463 g/mol. The largest absolute Gasteiger partial charge is 0.377 e. The Balaban J connectivity index is 1.33. The Labute approximate surface area is 200 Å². The minimum Gasteiger partial charge on any atom is -0.377 e. The minimum atomic E-state index is 0.230. The summed E-state index contributed by atoms with van der Waals surface area (Å²) in [6, 6.07) is 10.6. The number of nitrogens with zero attached hydrogens (tertiary/aromatic N) is 4. The molecule has 0 bridgehead atoms. The first-order valence-corrected chi connectivity index (χ1v) is 12.5. The first-order chi connectivity index (χ1) is 16.6. The van der Waals surface area contributed by atoms with Crippen molar-refractivity contribution in [1.29, 1.82) is 0 Å². The molecule has 180 valence electrons. The topological polar surface area (TPSA) is 94.0 Å². The number of hydrogen-bond donors (Lipinski definition) is 2. The summed E-state index contributed by atoms with van der Waals surface area (Å²) in [5, 5.41) is 12.7. The molecule has 0 unspecified atom stereocenters. The van der Waals surface area contributed by atoms with Gasteiger partial charge < -0.3 is 15.4 Å². The van der Waals surface area contributed by atoms with Crippen LogP contribution in [0.3, 0.4) is 0 Å². The van der Waals surface area contributed by atoms with Crippen LogP contribution in [-0.4, -0.2) is 44.8 Å². The molecule has 2 N–H and O–H groups in total. The molecule has 2 aliphatic rings. The lowest BCUT2D eigenvalue weighted by Gasteiger charge is -2.30. The van der Waals surface area contributed by atoms with Gasteiger partial charge in [0.15, 0.2) is 11.5 Å². The summed E-state index contributed by atoms with van der Waals surface area (Å²) in [5.74, 6) is 1.94. The summed E-state index contributed by atoms with van der Waals surface area (Å²) in [6.45, 7) is 2.34. The third-order valence-electron chi connectivity index (χ3n) is 7.16. The maximum absolute atomic E-state index is 12.5. The van der Waals surface area contributed by atoms with E-state index < -0.39 is 0 Å². The highest BCUT2D eigenvalue weighted by Gasteiger charge is 2.28. The molecule has 2 fully saturated rings. The van der Waals surface area contributed by atoms with Gasteiger partial charge in [-0.25, -0.2) is 14.6 Å². The van der Waals surface area contributed by atoms with Crippen molar-refractivity contribution in [3.05, 3.63) is 41.9 Å². The van der Waals surface area contributed by atoms with E-state index in [0.29, 0.717) is 18.5 Å². The van der Waals surface area contributed by atoms with Gasteiger partial charge in [-0.1, -0.05) is 31.0 Å². The third-order valence-corrected chi connectivity index (χ3v) is 7.16. The van der Waals surface area contributed by atoms with Crippen LogP contribution in [0.5, 0.6) is 0 Å². The lowest BCUT2D eigenvalue weighted by Crippen LogP contribution is -2.42. The number of aryl methyl sites for hydroxylation is 1. The number of aromatic nitrogens is 4. The van der Waals surface area contributed by atoms with Crippen LogP contribution in [0.2, 0.25) is 0 Å². The van der Waals surface area contributed by atoms with Gasteiger partial charge >= 0.3 is 0 Å². The molecule has 0 atom stereocenters. The van der Waals surface area contributed by atoms with Crippen molar-refractivity contribution in [1.82, 2.24) is 25.1 Å². The minimum absolute atomic E-state index is 0.230. The zero-order valence-corrected chi connectivity index (χ0v) is 20.1. The van der Waals surface area contributed by atoms with E-state index in [-0.39, 0.29) is 17.9 Å². The van der Waals surface area contributed by atoms with Crippen LogP contribution in [0.4, 0.5) is 5.82 Å². The SMILES string of the molecule is COCc1nc(NC2CCC(NC(=O)C3CCCC3)CC2)c2c(C)nn(-c3ccccc3)c2n1. The van der Waals surface area contributed by atoms with Crippen LogP contribution in [0.1, 0.15) is 62.9 Å². The number of carbonyl (C=O) groups is 1. The van der Waals surface area contributed by atoms with Crippen molar-refractivity contribution in [2.24, 2.45) is 5.92 Å². The van der Waals surface area contributed by atoms with Gasteiger partial charge in [0.25, 0.3) is 0 Å². The Morgan fingerprint density at radius 3 is 2.44 bits per heavy atom. The van der Waals surface area contributed by atoms with E-state index in [9.17, 15) is 4.79 Å². The van der Waals surface area contributed by atoms with E-state index >= 15 is 0 Å². The second kappa shape index (κ2) is 10.1. The Kier molecular flexibility index (Phi) is 6.76. The van der Waals surface area contributed by atoms with Gasteiger partial charge in [-0.3, -0.25) is 4.79 Å². The highest BCUT2D eigenvalue weighted by atomic mass is 16.5. The van der Waals surface area contributed by atoms with Gasteiger partial charge in [0.1, 0.15) is 12.4 Å². The number of para-hydroxylation sites is 1. The van der Waals surface area contributed by atoms with Crippen molar-refractivity contribution in [3.63, 3.8) is 0 Å². The number of amides is 1. The molecule has 0 saturated heterocycles. The van der Waals surface area contributed by atoms with Crippen LogP contribution in [0.25, 0.3) is 16.7 Å². The molecule has 1 amide bonds. The van der Waals surface area contributed by atoms with Crippen LogP contribution in [0, 0.1) is 12.8 Å². The second-order valence-corrected chi connectivity index (χ2v) is 9.64. The predicted octanol–water partition coefficient (Wildman–Crippen LogP) is 4.30.